The molecule has 0 fully saturated rings. The molecular formula is C14H22F2N2O. The van der Waals surface area contributed by atoms with E-state index in [9.17, 15) is 13.9 Å². The standard InChI is InChI=1S/C14H22F2N2O/c1-18(2)8-4-3-7-17-10-14(19)11-5-6-12(15)13(16)9-11/h5-6,9,14,17,19H,3-4,7-8,10H2,1-2H3. The van der Waals surface area contributed by atoms with E-state index in [0.29, 0.717) is 12.1 Å². The van der Waals surface area contributed by atoms with E-state index in [1.54, 1.807) is 0 Å². The van der Waals surface area contributed by atoms with Crippen molar-refractivity contribution in [3.8, 4) is 0 Å². The summed E-state index contributed by atoms with van der Waals surface area (Å²) in [5.74, 6) is -1.82. The molecule has 0 aliphatic carbocycles. The molecule has 0 aliphatic heterocycles. The van der Waals surface area contributed by atoms with E-state index in [2.05, 4.69) is 10.2 Å². The quantitative estimate of drug-likeness (QED) is 0.710. The third-order valence-electron chi connectivity index (χ3n) is 2.87. The maximum atomic E-state index is 13.0. The topological polar surface area (TPSA) is 35.5 Å². The fraction of sp³-hybridized carbons (Fsp3) is 0.571. The molecule has 0 bridgehead atoms. The van der Waals surface area contributed by atoms with Gasteiger partial charge in [-0.05, 0) is 57.7 Å². The van der Waals surface area contributed by atoms with Crippen LogP contribution in [0.4, 0.5) is 8.78 Å². The fourth-order valence-corrected chi connectivity index (χ4v) is 1.75. The Hall–Kier alpha value is -1.04. The molecule has 3 nitrogen and oxygen atoms in total. The zero-order valence-corrected chi connectivity index (χ0v) is 11.5. The predicted octanol–water partition coefficient (Wildman–Crippen LogP) is 1.93. The summed E-state index contributed by atoms with van der Waals surface area (Å²) in [5, 5.41) is 12.9. The van der Waals surface area contributed by atoms with E-state index in [1.165, 1.54) is 6.07 Å². The molecule has 0 amide bonds. The van der Waals surface area contributed by atoms with Crippen LogP contribution in [0, 0.1) is 11.6 Å². The highest BCUT2D eigenvalue weighted by atomic mass is 19.2. The van der Waals surface area contributed by atoms with E-state index in [-0.39, 0.29) is 0 Å². The molecular weight excluding hydrogens is 250 g/mol. The normalized spacial score (nSPS) is 12.9. The monoisotopic (exact) mass is 272 g/mol. The van der Waals surface area contributed by atoms with Crippen molar-refractivity contribution in [2.45, 2.75) is 18.9 Å². The number of nitrogens with zero attached hydrogens (tertiary/aromatic N) is 1. The minimum absolute atomic E-state index is 0.340. The van der Waals surface area contributed by atoms with Gasteiger partial charge in [0.25, 0.3) is 0 Å². The lowest BCUT2D eigenvalue weighted by Crippen LogP contribution is -2.23. The van der Waals surface area contributed by atoms with Crippen LogP contribution >= 0.6 is 0 Å². The Balaban J connectivity index is 2.23. The van der Waals surface area contributed by atoms with E-state index >= 15 is 0 Å². The number of hydrogen-bond acceptors (Lipinski definition) is 3. The van der Waals surface area contributed by atoms with Crippen molar-refractivity contribution in [1.82, 2.24) is 10.2 Å². The van der Waals surface area contributed by atoms with Crippen LogP contribution in [0.3, 0.4) is 0 Å². The number of unbranched alkanes of at least 4 members (excludes halogenated alkanes) is 1. The zero-order chi connectivity index (χ0) is 14.3. The molecule has 19 heavy (non-hydrogen) atoms. The Morgan fingerprint density at radius 2 is 1.95 bits per heavy atom. The van der Waals surface area contributed by atoms with Gasteiger partial charge >= 0.3 is 0 Å². The number of benzene rings is 1. The molecule has 108 valence electrons. The molecule has 1 aromatic rings. The van der Waals surface area contributed by atoms with Gasteiger partial charge in [0.2, 0.25) is 0 Å². The van der Waals surface area contributed by atoms with Gasteiger partial charge in [-0.25, -0.2) is 8.78 Å². The van der Waals surface area contributed by atoms with Crippen LogP contribution in [0.5, 0.6) is 0 Å². The number of nitrogens with one attached hydrogen (secondary N) is 1. The summed E-state index contributed by atoms with van der Waals surface area (Å²) >= 11 is 0. The van der Waals surface area contributed by atoms with Crippen LogP contribution in [0.15, 0.2) is 18.2 Å². The third kappa shape index (κ3) is 6.09. The highest BCUT2D eigenvalue weighted by Crippen LogP contribution is 2.15. The second-order valence-electron chi connectivity index (χ2n) is 4.90. The summed E-state index contributed by atoms with van der Waals surface area (Å²) in [6.07, 6.45) is 1.29. The molecule has 0 aromatic heterocycles. The van der Waals surface area contributed by atoms with Crippen LogP contribution < -0.4 is 5.32 Å². The smallest absolute Gasteiger partial charge is 0.159 e. The van der Waals surface area contributed by atoms with Crippen LogP contribution in [0.1, 0.15) is 24.5 Å². The molecule has 1 unspecified atom stereocenters. The Morgan fingerprint density at radius 1 is 1.21 bits per heavy atom. The molecule has 0 saturated carbocycles. The number of halogens is 2. The second-order valence-corrected chi connectivity index (χ2v) is 4.90. The lowest BCUT2D eigenvalue weighted by Gasteiger charge is -2.13. The van der Waals surface area contributed by atoms with Crippen LogP contribution in [-0.4, -0.2) is 43.7 Å². The van der Waals surface area contributed by atoms with Gasteiger partial charge in [0, 0.05) is 6.54 Å². The van der Waals surface area contributed by atoms with Gasteiger partial charge in [0.15, 0.2) is 11.6 Å². The molecule has 0 radical (unpaired) electrons. The van der Waals surface area contributed by atoms with Crippen molar-refractivity contribution in [3.05, 3.63) is 35.4 Å². The first kappa shape index (κ1) is 16.0. The highest BCUT2D eigenvalue weighted by molar-refractivity contribution is 5.20. The maximum Gasteiger partial charge on any atom is 0.159 e. The van der Waals surface area contributed by atoms with Crippen LogP contribution in [0.25, 0.3) is 0 Å². The number of aliphatic hydroxyl groups is 1. The van der Waals surface area contributed by atoms with Gasteiger partial charge in [0.05, 0.1) is 6.10 Å². The molecule has 2 N–H and O–H groups in total. The molecule has 0 spiro atoms. The van der Waals surface area contributed by atoms with Gasteiger partial charge < -0.3 is 15.3 Å². The molecule has 5 heteroatoms. The average Bonchev–Trinajstić information content (AvgIpc) is 2.36. The van der Waals surface area contributed by atoms with Crippen molar-refractivity contribution in [2.75, 3.05) is 33.7 Å². The van der Waals surface area contributed by atoms with Crippen molar-refractivity contribution in [2.24, 2.45) is 0 Å². The Kier molecular flexibility index (Phi) is 6.91. The molecule has 1 atom stereocenters. The molecule has 0 saturated heterocycles. The Bertz CT molecular complexity index is 386. The lowest BCUT2D eigenvalue weighted by atomic mass is 10.1. The first-order valence-electron chi connectivity index (χ1n) is 6.49. The summed E-state index contributed by atoms with van der Waals surface area (Å²) in [6, 6.07) is 3.47. The SMILES string of the molecule is CN(C)CCCCNCC(O)c1ccc(F)c(F)c1. The number of hydrogen-bond donors (Lipinski definition) is 2. The van der Waals surface area contributed by atoms with E-state index in [0.717, 1.165) is 38.1 Å². The van der Waals surface area contributed by atoms with Crippen LogP contribution in [-0.2, 0) is 0 Å². The summed E-state index contributed by atoms with van der Waals surface area (Å²) in [4.78, 5) is 2.12. The summed E-state index contributed by atoms with van der Waals surface area (Å²) in [5.41, 5.74) is 0.389. The van der Waals surface area contributed by atoms with E-state index in [1.807, 2.05) is 14.1 Å². The van der Waals surface area contributed by atoms with Gasteiger partial charge in [-0.1, -0.05) is 6.07 Å². The van der Waals surface area contributed by atoms with Gasteiger partial charge in [-0.3, -0.25) is 0 Å². The fourth-order valence-electron chi connectivity index (χ4n) is 1.75. The molecule has 1 aromatic carbocycles. The lowest BCUT2D eigenvalue weighted by molar-refractivity contribution is 0.174. The van der Waals surface area contributed by atoms with E-state index < -0.39 is 17.7 Å². The zero-order valence-electron chi connectivity index (χ0n) is 11.5. The molecule has 0 aliphatic rings. The predicted molar refractivity (Wildman–Crippen MR) is 72.0 cm³/mol. The molecule has 0 heterocycles. The van der Waals surface area contributed by atoms with E-state index in [4.69, 9.17) is 0 Å². The van der Waals surface area contributed by atoms with Crippen molar-refractivity contribution < 1.29 is 13.9 Å². The average molecular weight is 272 g/mol. The van der Waals surface area contributed by atoms with Gasteiger partial charge in [0.1, 0.15) is 0 Å². The first-order chi connectivity index (χ1) is 9.00. The van der Waals surface area contributed by atoms with Crippen LogP contribution in [0.2, 0.25) is 0 Å². The number of rotatable bonds is 8. The second kappa shape index (κ2) is 8.19. The Labute approximate surface area is 113 Å². The summed E-state index contributed by atoms with van der Waals surface area (Å²) in [6.45, 7) is 2.18. The first-order valence-corrected chi connectivity index (χ1v) is 6.49. The minimum atomic E-state index is -0.928. The third-order valence-corrected chi connectivity index (χ3v) is 2.87. The van der Waals surface area contributed by atoms with Crippen molar-refractivity contribution in [1.29, 1.82) is 0 Å². The highest BCUT2D eigenvalue weighted by Gasteiger charge is 2.10. The maximum absolute atomic E-state index is 13.0. The number of aliphatic hydroxyl groups excluding tert-OH is 1. The summed E-state index contributed by atoms with van der Waals surface area (Å²) in [7, 11) is 4.06. The Morgan fingerprint density at radius 3 is 2.58 bits per heavy atom. The molecule has 1 rings (SSSR count). The van der Waals surface area contributed by atoms with Gasteiger partial charge in [-0.2, -0.15) is 0 Å². The van der Waals surface area contributed by atoms with Crippen molar-refractivity contribution >= 4 is 0 Å². The largest absolute Gasteiger partial charge is 0.387 e. The van der Waals surface area contributed by atoms with Crippen molar-refractivity contribution in [3.63, 3.8) is 0 Å². The minimum Gasteiger partial charge on any atom is -0.387 e. The van der Waals surface area contributed by atoms with Gasteiger partial charge in [-0.15, -0.1) is 0 Å². The summed E-state index contributed by atoms with van der Waals surface area (Å²) < 4.78 is 25.7.